The van der Waals surface area contributed by atoms with E-state index in [4.69, 9.17) is 0 Å². The van der Waals surface area contributed by atoms with Gasteiger partial charge in [0, 0.05) is 10.1 Å². The lowest BCUT2D eigenvalue weighted by Crippen LogP contribution is -2.18. The Morgan fingerprint density at radius 2 is 2.21 bits per heavy atom. The van der Waals surface area contributed by atoms with E-state index in [-0.39, 0.29) is 0 Å². The van der Waals surface area contributed by atoms with Crippen LogP contribution >= 0.6 is 22.6 Å². The maximum atomic E-state index is 3.48. The van der Waals surface area contributed by atoms with Gasteiger partial charge in [-0.05, 0) is 71.2 Å². The fourth-order valence-electron chi connectivity index (χ4n) is 2.08. The molecule has 1 aliphatic heterocycles. The summed E-state index contributed by atoms with van der Waals surface area (Å²) >= 11 is 2.43. The molecule has 1 atom stereocenters. The maximum Gasteiger partial charge on any atom is 0.0162 e. The van der Waals surface area contributed by atoms with E-state index in [1.54, 1.807) is 11.1 Å². The van der Waals surface area contributed by atoms with E-state index in [2.05, 4.69) is 53.9 Å². The Labute approximate surface area is 99.4 Å². The largest absolute Gasteiger partial charge is 0.316 e. The number of fused-ring (bicyclic) bond motifs is 1. The first-order valence-corrected chi connectivity index (χ1v) is 6.26. The van der Waals surface area contributed by atoms with Crippen LogP contribution in [0.1, 0.15) is 29.5 Å². The monoisotopic (exact) mass is 301 g/mol. The molecule has 1 N–H and O–H groups in total. The molecule has 0 bridgehead atoms. The zero-order valence-corrected chi connectivity index (χ0v) is 10.9. The summed E-state index contributed by atoms with van der Waals surface area (Å²) in [6.45, 7) is 6.75. The van der Waals surface area contributed by atoms with Crippen molar-refractivity contribution in [3.8, 4) is 0 Å². The van der Waals surface area contributed by atoms with Crippen molar-refractivity contribution in [1.29, 1.82) is 0 Å². The van der Waals surface area contributed by atoms with Crippen molar-refractivity contribution in [3.63, 3.8) is 0 Å². The first-order chi connectivity index (χ1) is 6.68. The summed E-state index contributed by atoms with van der Waals surface area (Å²) in [7, 11) is 0. The van der Waals surface area contributed by atoms with Crippen molar-refractivity contribution in [2.24, 2.45) is 0 Å². The third-order valence-corrected chi connectivity index (χ3v) is 4.14. The van der Waals surface area contributed by atoms with Gasteiger partial charge in [0.15, 0.2) is 0 Å². The molecular formula is C12H16IN. The normalized spacial score (nSPS) is 21.5. The predicted octanol–water partition coefficient (Wildman–Crippen LogP) is 2.85. The molecule has 0 spiro atoms. The molecule has 0 aliphatic carbocycles. The Hall–Kier alpha value is -0.0900. The first-order valence-electron chi connectivity index (χ1n) is 5.18. The molecule has 0 aromatic heterocycles. The quantitative estimate of drug-likeness (QED) is 0.727. The summed E-state index contributed by atoms with van der Waals surface area (Å²) < 4.78 is 1.40. The molecule has 0 radical (unpaired) electrons. The number of nitrogens with one attached hydrogen (secondary N) is 1. The molecule has 0 fully saturated rings. The van der Waals surface area contributed by atoms with E-state index in [1.165, 1.54) is 15.6 Å². The number of halogens is 1. The number of rotatable bonds is 0. The lowest BCUT2D eigenvalue weighted by atomic mass is 9.94. The molecule has 14 heavy (non-hydrogen) atoms. The molecule has 2 heteroatoms. The van der Waals surface area contributed by atoms with Crippen LogP contribution in [0.3, 0.4) is 0 Å². The fraction of sp³-hybridized carbons (Fsp3) is 0.500. The highest BCUT2D eigenvalue weighted by molar-refractivity contribution is 14.1. The molecule has 1 unspecified atom stereocenters. The first kappa shape index (κ1) is 10.4. The van der Waals surface area contributed by atoms with E-state index in [0.717, 1.165) is 13.1 Å². The molecule has 1 aromatic rings. The fourth-order valence-corrected chi connectivity index (χ4v) is 2.57. The number of aryl methyl sites for hydroxylation is 1. The molecule has 1 heterocycles. The zero-order valence-electron chi connectivity index (χ0n) is 8.73. The minimum atomic E-state index is 0.654. The second-order valence-electron chi connectivity index (χ2n) is 4.16. The van der Waals surface area contributed by atoms with E-state index >= 15 is 0 Å². The average molecular weight is 301 g/mol. The highest BCUT2D eigenvalue weighted by atomic mass is 127. The van der Waals surface area contributed by atoms with Gasteiger partial charge in [0.2, 0.25) is 0 Å². The van der Waals surface area contributed by atoms with Crippen LogP contribution in [0.4, 0.5) is 0 Å². The Bertz CT molecular complexity index is 346. The highest BCUT2D eigenvalue weighted by Crippen LogP contribution is 2.26. The van der Waals surface area contributed by atoms with Gasteiger partial charge in [0.05, 0.1) is 0 Å². The van der Waals surface area contributed by atoms with Crippen molar-refractivity contribution in [3.05, 3.63) is 32.4 Å². The van der Waals surface area contributed by atoms with Gasteiger partial charge in [-0.15, -0.1) is 0 Å². The second kappa shape index (κ2) is 4.19. The average Bonchev–Trinajstić information content (AvgIpc) is 2.31. The van der Waals surface area contributed by atoms with Gasteiger partial charge >= 0.3 is 0 Å². The van der Waals surface area contributed by atoms with Gasteiger partial charge in [0.25, 0.3) is 0 Å². The molecule has 0 amide bonds. The molecular weight excluding hydrogens is 285 g/mol. The van der Waals surface area contributed by atoms with Gasteiger partial charge in [-0.25, -0.2) is 0 Å². The SMILES string of the molecule is Cc1cc2c(cc1I)C(C)CNCC2. The van der Waals surface area contributed by atoms with Crippen LogP contribution in [0, 0.1) is 10.5 Å². The van der Waals surface area contributed by atoms with Crippen LogP contribution in [0.25, 0.3) is 0 Å². The molecule has 76 valence electrons. The van der Waals surface area contributed by atoms with Crippen LogP contribution in [0.5, 0.6) is 0 Å². The summed E-state index contributed by atoms with van der Waals surface area (Å²) in [6.07, 6.45) is 1.18. The smallest absolute Gasteiger partial charge is 0.0162 e. The van der Waals surface area contributed by atoms with Crippen molar-refractivity contribution in [2.45, 2.75) is 26.2 Å². The van der Waals surface area contributed by atoms with Crippen LogP contribution in [-0.4, -0.2) is 13.1 Å². The summed E-state index contributed by atoms with van der Waals surface area (Å²) in [5.74, 6) is 0.654. The van der Waals surface area contributed by atoms with Gasteiger partial charge in [-0.2, -0.15) is 0 Å². The van der Waals surface area contributed by atoms with E-state index in [0.29, 0.717) is 5.92 Å². The van der Waals surface area contributed by atoms with Crippen LogP contribution in [0.15, 0.2) is 12.1 Å². The van der Waals surface area contributed by atoms with Crippen LogP contribution in [-0.2, 0) is 6.42 Å². The van der Waals surface area contributed by atoms with Crippen molar-refractivity contribution in [1.82, 2.24) is 5.32 Å². The Morgan fingerprint density at radius 3 is 3.00 bits per heavy atom. The Kier molecular flexibility index (Phi) is 3.12. The van der Waals surface area contributed by atoms with Crippen LogP contribution in [0.2, 0.25) is 0 Å². The molecule has 2 rings (SSSR count). The lowest BCUT2D eigenvalue weighted by molar-refractivity contribution is 0.644. The lowest BCUT2D eigenvalue weighted by Gasteiger charge is -2.14. The summed E-state index contributed by atoms with van der Waals surface area (Å²) in [5, 5.41) is 3.48. The third kappa shape index (κ3) is 1.96. The topological polar surface area (TPSA) is 12.0 Å². The summed E-state index contributed by atoms with van der Waals surface area (Å²) in [6, 6.07) is 4.73. The summed E-state index contributed by atoms with van der Waals surface area (Å²) in [4.78, 5) is 0. The van der Waals surface area contributed by atoms with E-state index < -0.39 is 0 Å². The Balaban J connectivity index is 2.49. The second-order valence-corrected chi connectivity index (χ2v) is 5.32. The minimum Gasteiger partial charge on any atom is -0.316 e. The molecule has 1 aromatic carbocycles. The predicted molar refractivity (Wildman–Crippen MR) is 68.9 cm³/mol. The van der Waals surface area contributed by atoms with Gasteiger partial charge in [-0.3, -0.25) is 0 Å². The van der Waals surface area contributed by atoms with E-state index in [1.807, 2.05) is 0 Å². The van der Waals surface area contributed by atoms with E-state index in [9.17, 15) is 0 Å². The maximum absolute atomic E-state index is 3.48. The number of hydrogen-bond acceptors (Lipinski definition) is 1. The molecule has 0 saturated carbocycles. The number of benzene rings is 1. The third-order valence-electron chi connectivity index (χ3n) is 2.97. The molecule has 1 nitrogen and oxygen atoms in total. The highest BCUT2D eigenvalue weighted by Gasteiger charge is 2.15. The van der Waals surface area contributed by atoms with Gasteiger partial charge in [0.1, 0.15) is 0 Å². The Morgan fingerprint density at radius 1 is 1.43 bits per heavy atom. The van der Waals surface area contributed by atoms with Crippen molar-refractivity contribution in [2.75, 3.05) is 13.1 Å². The summed E-state index contributed by atoms with van der Waals surface area (Å²) in [5.41, 5.74) is 4.50. The van der Waals surface area contributed by atoms with Crippen molar-refractivity contribution >= 4 is 22.6 Å². The zero-order chi connectivity index (χ0) is 10.1. The molecule has 0 saturated heterocycles. The minimum absolute atomic E-state index is 0.654. The van der Waals surface area contributed by atoms with Crippen molar-refractivity contribution < 1.29 is 0 Å². The van der Waals surface area contributed by atoms with Gasteiger partial charge < -0.3 is 5.32 Å². The molecule has 1 aliphatic rings. The number of hydrogen-bond donors (Lipinski definition) is 1. The van der Waals surface area contributed by atoms with Gasteiger partial charge in [-0.1, -0.05) is 13.0 Å². The van der Waals surface area contributed by atoms with Crippen LogP contribution < -0.4 is 5.32 Å². The standard InChI is InChI=1S/C12H16IN/c1-8-5-10-3-4-14-7-9(2)11(10)6-12(8)13/h5-6,9,14H,3-4,7H2,1-2H3.